The molecule has 9 aromatic carbocycles. The molecule has 0 aliphatic heterocycles. The van der Waals surface area contributed by atoms with E-state index >= 15 is 0 Å². The molecule has 4 aromatic heterocycles. The fourth-order valence-electron chi connectivity index (χ4n) is 9.45. The number of thiophene rings is 1. The van der Waals surface area contributed by atoms with Crippen LogP contribution in [-0.4, -0.2) is 24.1 Å². The monoisotopic (exact) mass is 795 g/mol. The first kappa shape index (κ1) is 34.0. The van der Waals surface area contributed by atoms with Gasteiger partial charge >= 0.3 is 0 Å². The minimum Gasteiger partial charge on any atom is -0.309 e. The van der Waals surface area contributed by atoms with Gasteiger partial charge in [-0.25, -0.2) is 15.0 Å². The largest absolute Gasteiger partial charge is 0.309 e. The first-order chi connectivity index (χ1) is 30.3. The molecule has 0 saturated carbocycles. The van der Waals surface area contributed by atoms with E-state index in [0.29, 0.717) is 17.5 Å². The van der Waals surface area contributed by atoms with Crippen LogP contribution in [-0.2, 0) is 0 Å². The lowest BCUT2D eigenvalue weighted by Crippen LogP contribution is -2.00. The van der Waals surface area contributed by atoms with Crippen LogP contribution in [0.3, 0.4) is 0 Å². The van der Waals surface area contributed by atoms with Gasteiger partial charge in [0.1, 0.15) is 0 Å². The molecule has 4 heterocycles. The van der Waals surface area contributed by atoms with E-state index in [2.05, 4.69) is 173 Å². The standard InChI is InChI=1S/C55H33N5S/c1-4-17-34(18-5-1)53-56-54(35-19-6-2-7-20-35)58-55(57-53)44-31-36-21-10-11-24-38(36)50-41-27-16-30-47(51(41)61-52(44)50)60-46-29-15-13-26-40(46)43-32-42-39-25-12-14-28-45(39)59(48(42)33-49(43)60)37-22-8-3-9-23-37/h1-33H. The molecule has 13 rings (SSSR count). The summed E-state index contributed by atoms with van der Waals surface area (Å²) >= 11 is 1.82. The van der Waals surface area contributed by atoms with Gasteiger partial charge in [-0.1, -0.05) is 152 Å². The van der Waals surface area contributed by atoms with E-state index in [1.165, 1.54) is 64.5 Å². The van der Waals surface area contributed by atoms with Crippen LogP contribution >= 0.6 is 11.3 Å². The fraction of sp³-hybridized carbons (Fsp3) is 0. The van der Waals surface area contributed by atoms with Crippen molar-refractivity contribution in [2.45, 2.75) is 0 Å². The van der Waals surface area contributed by atoms with Crippen molar-refractivity contribution in [1.29, 1.82) is 0 Å². The summed E-state index contributed by atoms with van der Waals surface area (Å²) in [5, 5.41) is 9.73. The zero-order valence-electron chi connectivity index (χ0n) is 32.7. The van der Waals surface area contributed by atoms with Gasteiger partial charge in [-0.2, -0.15) is 0 Å². The Balaban J connectivity index is 1.13. The molecule has 284 valence electrons. The van der Waals surface area contributed by atoms with E-state index in [0.717, 1.165) is 38.2 Å². The summed E-state index contributed by atoms with van der Waals surface area (Å²) in [4.78, 5) is 15.5. The van der Waals surface area contributed by atoms with Crippen LogP contribution in [0.4, 0.5) is 0 Å². The Morgan fingerprint density at radius 1 is 0.344 bits per heavy atom. The summed E-state index contributed by atoms with van der Waals surface area (Å²) in [5.41, 5.74) is 9.90. The van der Waals surface area contributed by atoms with Crippen molar-refractivity contribution >= 4 is 85.9 Å². The average molecular weight is 796 g/mol. The van der Waals surface area contributed by atoms with Crippen LogP contribution in [0.1, 0.15) is 0 Å². The second-order valence-corrected chi connectivity index (χ2v) is 16.6. The summed E-state index contributed by atoms with van der Waals surface area (Å²) in [6.45, 7) is 0. The Bertz CT molecular complexity index is 3810. The maximum Gasteiger partial charge on any atom is 0.165 e. The maximum atomic E-state index is 5.24. The molecule has 6 heteroatoms. The van der Waals surface area contributed by atoms with Crippen molar-refractivity contribution in [1.82, 2.24) is 24.1 Å². The van der Waals surface area contributed by atoms with Crippen molar-refractivity contribution in [3.8, 4) is 45.5 Å². The van der Waals surface area contributed by atoms with Gasteiger partial charge in [0.2, 0.25) is 0 Å². The number of hydrogen-bond donors (Lipinski definition) is 0. The van der Waals surface area contributed by atoms with Gasteiger partial charge in [0, 0.05) is 59.4 Å². The highest BCUT2D eigenvalue weighted by Gasteiger charge is 2.23. The molecule has 61 heavy (non-hydrogen) atoms. The molecule has 0 unspecified atom stereocenters. The fourth-order valence-corrected chi connectivity index (χ4v) is 10.8. The Morgan fingerprint density at radius 3 is 1.54 bits per heavy atom. The second-order valence-electron chi connectivity index (χ2n) is 15.6. The lowest BCUT2D eigenvalue weighted by molar-refractivity contribution is 1.08. The van der Waals surface area contributed by atoms with Crippen molar-refractivity contribution < 1.29 is 0 Å². The zero-order valence-corrected chi connectivity index (χ0v) is 33.5. The van der Waals surface area contributed by atoms with E-state index in [4.69, 9.17) is 15.0 Å². The molecule has 0 bridgehead atoms. The van der Waals surface area contributed by atoms with E-state index in [1.807, 2.05) is 47.7 Å². The Morgan fingerprint density at radius 2 is 0.869 bits per heavy atom. The smallest absolute Gasteiger partial charge is 0.165 e. The van der Waals surface area contributed by atoms with Crippen LogP contribution in [0.2, 0.25) is 0 Å². The number of hydrogen-bond acceptors (Lipinski definition) is 4. The summed E-state index contributed by atoms with van der Waals surface area (Å²) < 4.78 is 7.26. The van der Waals surface area contributed by atoms with E-state index in [9.17, 15) is 0 Å². The minimum absolute atomic E-state index is 0.650. The SMILES string of the molecule is c1ccc(-c2nc(-c3ccccc3)nc(-c3cc4ccccc4c4c3sc3c(-n5c6ccccc6c6cc7c8ccccc8n(-c8ccccc8)c7cc65)cccc34)n2)cc1. The predicted octanol–water partition coefficient (Wildman–Crippen LogP) is 14.6. The molecular formula is C55H33N5S. The molecule has 5 nitrogen and oxygen atoms in total. The third-order valence-electron chi connectivity index (χ3n) is 12.1. The van der Waals surface area contributed by atoms with Crippen LogP contribution in [0.25, 0.3) is 120 Å². The topological polar surface area (TPSA) is 48.5 Å². The van der Waals surface area contributed by atoms with Gasteiger partial charge in [-0.15, -0.1) is 11.3 Å². The van der Waals surface area contributed by atoms with Crippen LogP contribution in [0, 0.1) is 0 Å². The first-order valence-corrected chi connectivity index (χ1v) is 21.3. The van der Waals surface area contributed by atoms with Crippen LogP contribution in [0.5, 0.6) is 0 Å². The number of fused-ring (bicyclic) bond motifs is 11. The molecule has 0 atom stereocenters. The van der Waals surface area contributed by atoms with Crippen LogP contribution < -0.4 is 0 Å². The molecule has 0 N–H and O–H groups in total. The number of para-hydroxylation sites is 3. The minimum atomic E-state index is 0.650. The first-order valence-electron chi connectivity index (χ1n) is 20.5. The predicted molar refractivity (Wildman–Crippen MR) is 255 cm³/mol. The molecule has 0 radical (unpaired) electrons. The average Bonchev–Trinajstić information content (AvgIpc) is 3.99. The van der Waals surface area contributed by atoms with Gasteiger partial charge in [0.25, 0.3) is 0 Å². The Labute approximate surface area is 354 Å². The highest BCUT2D eigenvalue weighted by molar-refractivity contribution is 7.27. The third kappa shape index (κ3) is 5.16. The maximum absolute atomic E-state index is 5.24. The number of benzene rings is 9. The van der Waals surface area contributed by atoms with E-state index < -0.39 is 0 Å². The lowest BCUT2D eigenvalue weighted by Gasteiger charge is -2.11. The quantitative estimate of drug-likeness (QED) is 0.174. The van der Waals surface area contributed by atoms with Gasteiger partial charge in [-0.05, 0) is 59.3 Å². The molecule has 13 aromatic rings. The molecule has 0 aliphatic rings. The van der Waals surface area contributed by atoms with E-state index in [-0.39, 0.29) is 0 Å². The normalized spacial score (nSPS) is 11.9. The van der Waals surface area contributed by atoms with Gasteiger partial charge < -0.3 is 9.13 Å². The lowest BCUT2D eigenvalue weighted by atomic mass is 9.99. The Kier molecular flexibility index (Phi) is 7.41. The van der Waals surface area contributed by atoms with Gasteiger partial charge in [-0.3, -0.25) is 0 Å². The van der Waals surface area contributed by atoms with Crippen molar-refractivity contribution in [3.63, 3.8) is 0 Å². The van der Waals surface area contributed by atoms with Crippen molar-refractivity contribution in [2.75, 3.05) is 0 Å². The molecule has 0 amide bonds. The molecule has 0 fully saturated rings. The number of aromatic nitrogens is 5. The summed E-state index contributed by atoms with van der Waals surface area (Å²) in [7, 11) is 0. The Hall–Kier alpha value is -7.93. The van der Waals surface area contributed by atoms with E-state index in [1.54, 1.807) is 0 Å². The van der Waals surface area contributed by atoms with Crippen molar-refractivity contribution in [3.05, 3.63) is 200 Å². The zero-order chi connectivity index (χ0) is 40.0. The molecule has 0 saturated heterocycles. The summed E-state index contributed by atoms with van der Waals surface area (Å²) in [6.07, 6.45) is 0. The molecule has 0 aliphatic carbocycles. The molecular weight excluding hydrogens is 763 g/mol. The van der Waals surface area contributed by atoms with Crippen molar-refractivity contribution in [2.24, 2.45) is 0 Å². The highest BCUT2D eigenvalue weighted by Crippen LogP contribution is 2.47. The highest BCUT2D eigenvalue weighted by atomic mass is 32.1. The third-order valence-corrected chi connectivity index (χ3v) is 13.4. The molecule has 0 spiro atoms. The number of nitrogens with zero attached hydrogens (tertiary/aromatic N) is 5. The van der Waals surface area contributed by atoms with Gasteiger partial charge in [0.15, 0.2) is 17.5 Å². The number of rotatable bonds is 5. The van der Waals surface area contributed by atoms with Gasteiger partial charge in [0.05, 0.1) is 32.5 Å². The summed E-state index contributed by atoms with van der Waals surface area (Å²) in [5.74, 6) is 1.96. The summed E-state index contributed by atoms with van der Waals surface area (Å²) in [6, 6.07) is 71.3. The second kappa shape index (κ2) is 13.3. The van der Waals surface area contributed by atoms with Crippen LogP contribution in [0.15, 0.2) is 200 Å².